The monoisotopic (exact) mass is 261 g/mol. The molecule has 0 saturated carbocycles. The predicted octanol–water partition coefficient (Wildman–Crippen LogP) is 1.82. The van der Waals surface area contributed by atoms with Crippen molar-refractivity contribution in [3.63, 3.8) is 0 Å². The number of hydrogen-bond donors (Lipinski definition) is 1. The van der Waals surface area contributed by atoms with E-state index in [-0.39, 0.29) is 0 Å². The molecule has 2 aromatic rings. The Kier molecular flexibility index (Phi) is 5.06. The third-order valence-corrected chi connectivity index (χ3v) is 2.80. The first-order valence-corrected chi connectivity index (χ1v) is 6.53. The Bertz CT molecular complexity index is 511. The highest BCUT2D eigenvalue weighted by Crippen LogP contribution is 2.22. The van der Waals surface area contributed by atoms with Crippen molar-refractivity contribution >= 4 is 0 Å². The summed E-state index contributed by atoms with van der Waals surface area (Å²) >= 11 is 0. The minimum absolute atomic E-state index is 0.551. The van der Waals surface area contributed by atoms with Crippen LogP contribution in [0.4, 0.5) is 0 Å². The SMILES string of the molecule is CCOCCc1noc(-c2ccccc2CCN)n1. The molecule has 2 N–H and O–H groups in total. The Morgan fingerprint density at radius 2 is 2.11 bits per heavy atom. The van der Waals surface area contributed by atoms with Gasteiger partial charge >= 0.3 is 0 Å². The normalized spacial score (nSPS) is 10.8. The molecule has 0 aliphatic heterocycles. The summed E-state index contributed by atoms with van der Waals surface area (Å²) in [6.07, 6.45) is 1.46. The number of benzene rings is 1. The molecule has 0 amide bonds. The highest BCUT2D eigenvalue weighted by Gasteiger charge is 2.12. The van der Waals surface area contributed by atoms with Gasteiger partial charge in [0.25, 0.3) is 5.89 Å². The maximum atomic E-state index is 5.61. The van der Waals surface area contributed by atoms with E-state index < -0.39 is 0 Å². The van der Waals surface area contributed by atoms with Gasteiger partial charge in [0, 0.05) is 18.6 Å². The second-order valence-electron chi connectivity index (χ2n) is 4.16. The lowest BCUT2D eigenvalue weighted by atomic mass is 10.0. The maximum absolute atomic E-state index is 5.61. The van der Waals surface area contributed by atoms with Gasteiger partial charge in [-0.3, -0.25) is 0 Å². The number of aromatic nitrogens is 2. The molecule has 0 saturated heterocycles. The van der Waals surface area contributed by atoms with E-state index in [2.05, 4.69) is 10.1 Å². The van der Waals surface area contributed by atoms with Crippen molar-refractivity contribution in [2.24, 2.45) is 5.73 Å². The summed E-state index contributed by atoms with van der Waals surface area (Å²) in [4.78, 5) is 4.40. The topological polar surface area (TPSA) is 74.2 Å². The summed E-state index contributed by atoms with van der Waals surface area (Å²) in [6, 6.07) is 7.96. The van der Waals surface area contributed by atoms with Gasteiger partial charge in [-0.1, -0.05) is 23.4 Å². The molecule has 0 aliphatic carbocycles. The standard InChI is InChI=1S/C14H19N3O2/c1-2-18-10-8-13-16-14(19-17-13)12-6-4-3-5-11(12)7-9-15/h3-6H,2,7-10,15H2,1H3. The average Bonchev–Trinajstić information content (AvgIpc) is 2.89. The van der Waals surface area contributed by atoms with Gasteiger partial charge in [0.2, 0.25) is 0 Å². The van der Waals surface area contributed by atoms with Crippen LogP contribution in [0, 0.1) is 0 Å². The Morgan fingerprint density at radius 3 is 2.89 bits per heavy atom. The van der Waals surface area contributed by atoms with E-state index in [4.69, 9.17) is 15.0 Å². The fraction of sp³-hybridized carbons (Fsp3) is 0.429. The van der Waals surface area contributed by atoms with Gasteiger partial charge in [-0.2, -0.15) is 4.98 Å². The number of ether oxygens (including phenoxy) is 1. The Morgan fingerprint density at radius 1 is 1.26 bits per heavy atom. The van der Waals surface area contributed by atoms with Crippen molar-refractivity contribution < 1.29 is 9.26 Å². The molecular weight excluding hydrogens is 242 g/mol. The molecule has 0 fully saturated rings. The van der Waals surface area contributed by atoms with Crippen LogP contribution in [-0.2, 0) is 17.6 Å². The molecule has 102 valence electrons. The lowest BCUT2D eigenvalue weighted by Gasteiger charge is -2.03. The highest BCUT2D eigenvalue weighted by atomic mass is 16.5. The molecule has 1 heterocycles. The first-order valence-electron chi connectivity index (χ1n) is 6.53. The van der Waals surface area contributed by atoms with E-state index >= 15 is 0 Å². The van der Waals surface area contributed by atoms with Gasteiger partial charge in [-0.25, -0.2) is 0 Å². The second-order valence-corrected chi connectivity index (χ2v) is 4.16. The fourth-order valence-electron chi connectivity index (χ4n) is 1.88. The molecule has 0 spiro atoms. The third kappa shape index (κ3) is 3.62. The van der Waals surface area contributed by atoms with Crippen molar-refractivity contribution in [2.75, 3.05) is 19.8 Å². The van der Waals surface area contributed by atoms with Crippen molar-refractivity contribution in [3.8, 4) is 11.5 Å². The maximum Gasteiger partial charge on any atom is 0.258 e. The van der Waals surface area contributed by atoms with Gasteiger partial charge in [-0.05, 0) is 31.5 Å². The minimum Gasteiger partial charge on any atom is -0.381 e. The lowest BCUT2D eigenvalue weighted by molar-refractivity contribution is 0.149. The zero-order valence-corrected chi connectivity index (χ0v) is 11.1. The van der Waals surface area contributed by atoms with E-state index in [9.17, 15) is 0 Å². The molecule has 1 aromatic carbocycles. The van der Waals surface area contributed by atoms with Crippen LogP contribution in [0.25, 0.3) is 11.5 Å². The van der Waals surface area contributed by atoms with E-state index in [1.165, 1.54) is 0 Å². The molecule has 0 bridgehead atoms. The molecule has 1 aromatic heterocycles. The van der Waals surface area contributed by atoms with E-state index in [1.807, 2.05) is 31.2 Å². The van der Waals surface area contributed by atoms with Crippen LogP contribution < -0.4 is 5.73 Å². The van der Waals surface area contributed by atoms with Crippen LogP contribution in [0.1, 0.15) is 18.3 Å². The van der Waals surface area contributed by atoms with Gasteiger partial charge in [0.1, 0.15) is 0 Å². The molecule has 0 radical (unpaired) electrons. The lowest BCUT2D eigenvalue weighted by Crippen LogP contribution is -2.04. The molecule has 0 unspecified atom stereocenters. The van der Waals surface area contributed by atoms with E-state index in [0.717, 1.165) is 17.5 Å². The zero-order valence-electron chi connectivity index (χ0n) is 11.1. The van der Waals surface area contributed by atoms with Crippen LogP contribution in [-0.4, -0.2) is 29.9 Å². The molecular formula is C14H19N3O2. The Balaban J connectivity index is 2.13. The first kappa shape index (κ1) is 13.7. The van der Waals surface area contributed by atoms with Gasteiger partial charge in [-0.15, -0.1) is 0 Å². The largest absolute Gasteiger partial charge is 0.381 e. The molecule has 0 atom stereocenters. The highest BCUT2D eigenvalue weighted by molar-refractivity contribution is 5.58. The fourth-order valence-corrected chi connectivity index (χ4v) is 1.88. The quantitative estimate of drug-likeness (QED) is 0.769. The number of nitrogens with two attached hydrogens (primary N) is 1. The van der Waals surface area contributed by atoms with Crippen LogP contribution >= 0.6 is 0 Å². The smallest absolute Gasteiger partial charge is 0.258 e. The summed E-state index contributed by atoms with van der Waals surface area (Å²) < 4.78 is 10.6. The van der Waals surface area contributed by atoms with Gasteiger partial charge < -0.3 is 15.0 Å². The average molecular weight is 261 g/mol. The second kappa shape index (κ2) is 7.01. The molecule has 5 heteroatoms. The Hall–Kier alpha value is -1.72. The van der Waals surface area contributed by atoms with E-state index in [0.29, 0.717) is 37.9 Å². The van der Waals surface area contributed by atoms with Crippen LogP contribution in [0.15, 0.2) is 28.8 Å². The summed E-state index contributed by atoms with van der Waals surface area (Å²) in [7, 11) is 0. The van der Waals surface area contributed by atoms with Gasteiger partial charge in [0.05, 0.1) is 6.61 Å². The number of hydrogen-bond acceptors (Lipinski definition) is 5. The molecule has 5 nitrogen and oxygen atoms in total. The molecule has 2 rings (SSSR count). The van der Waals surface area contributed by atoms with Crippen molar-refractivity contribution in [1.29, 1.82) is 0 Å². The first-order chi connectivity index (χ1) is 9.35. The van der Waals surface area contributed by atoms with Crippen LogP contribution in [0.2, 0.25) is 0 Å². The zero-order chi connectivity index (χ0) is 13.5. The van der Waals surface area contributed by atoms with Crippen LogP contribution in [0.3, 0.4) is 0 Å². The summed E-state index contributed by atoms with van der Waals surface area (Å²) in [5.74, 6) is 1.22. The third-order valence-electron chi connectivity index (χ3n) is 2.80. The van der Waals surface area contributed by atoms with Crippen molar-refractivity contribution in [3.05, 3.63) is 35.7 Å². The summed E-state index contributed by atoms with van der Waals surface area (Å²) in [5, 5.41) is 3.97. The number of rotatable bonds is 7. The molecule has 19 heavy (non-hydrogen) atoms. The van der Waals surface area contributed by atoms with Crippen molar-refractivity contribution in [2.45, 2.75) is 19.8 Å². The molecule has 0 aliphatic rings. The number of nitrogens with zero attached hydrogens (tertiary/aromatic N) is 2. The Labute approximate surface area is 112 Å². The van der Waals surface area contributed by atoms with E-state index in [1.54, 1.807) is 0 Å². The van der Waals surface area contributed by atoms with Crippen molar-refractivity contribution in [1.82, 2.24) is 10.1 Å². The summed E-state index contributed by atoms with van der Waals surface area (Å²) in [6.45, 7) is 3.87. The minimum atomic E-state index is 0.551. The predicted molar refractivity (Wildman–Crippen MR) is 72.7 cm³/mol. The van der Waals surface area contributed by atoms with Crippen LogP contribution in [0.5, 0.6) is 0 Å². The van der Waals surface area contributed by atoms with Gasteiger partial charge in [0.15, 0.2) is 5.82 Å². The summed E-state index contributed by atoms with van der Waals surface area (Å²) in [5.41, 5.74) is 7.70.